The predicted octanol–water partition coefficient (Wildman–Crippen LogP) is 3.94. The number of aliphatic hydroxyl groups excluding tert-OH is 1. The highest BCUT2D eigenvalue weighted by molar-refractivity contribution is 6.26. The fourth-order valence-electron chi connectivity index (χ4n) is 4.44. The van der Waals surface area contributed by atoms with Crippen molar-refractivity contribution < 1.29 is 14.7 Å². The van der Waals surface area contributed by atoms with Gasteiger partial charge in [0, 0.05) is 24.1 Å². The van der Waals surface area contributed by atoms with Crippen molar-refractivity contribution in [3.63, 3.8) is 0 Å². The van der Waals surface area contributed by atoms with Gasteiger partial charge in [0.15, 0.2) is 5.78 Å². The van der Waals surface area contributed by atoms with E-state index in [9.17, 15) is 14.7 Å². The number of fused-ring (bicyclic) bond motifs is 1. The van der Waals surface area contributed by atoms with Gasteiger partial charge >= 0.3 is 0 Å². The van der Waals surface area contributed by atoms with Crippen molar-refractivity contribution in [2.24, 2.45) is 22.6 Å². The lowest BCUT2D eigenvalue weighted by molar-refractivity contribution is -0.139. The van der Waals surface area contributed by atoms with E-state index < -0.39 is 29.4 Å². The second-order valence-corrected chi connectivity index (χ2v) is 9.28. The van der Waals surface area contributed by atoms with Crippen LogP contribution < -0.4 is 10.6 Å². The Kier molecular flexibility index (Phi) is 7.82. The lowest BCUT2D eigenvalue weighted by Crippen LogP contribution is -2.61. The monoisotopic (exact) mass is 449 g/mol. The molecule has 0 radical (unpaired) electrons. The first kappa shape index (κ1) is 24.8. The number of nitrogens with two attached hydrogens (primary N) is 1. The van der Waals surface area contributed by atoms with Gasteiger partial charge in [0.2, 0.25) is 5.66 Å². The highest BCUT2D eigenvalue weighted by Gasteiger charge is 2.50. The molecular formula is C27H35N3O3. The van der Waals surface area contributed by atoms with Crippen LogP contribution in [0.4, 0.5) is 5.69 Å². The molecule has 1 aliphatic rings. The molecule has 0 aliphatic carbocycles. The summed E-state index contributed by atoms with van der Waals surface area (Å²) in [7, 11) is 1.62. The van der Waals surface area contributed by atoms with E-state index >= 15 is 0 Å². The third kappa shape index (κ3) is 5.07. The minimum Gasteiger partial charge on any atom is -0.392 e. The Labute approximate surface area is 196 Å². The second-order valence-electron chi connectivity index (χ2n) is 9.28. The van der Waals surface area contributed by atoms with Crippen molar-refractivity contribution in [1.29, 1.82) is 0 Å². The summed E-state index contributed by atoms with van der Waals surface area (Å²) in [6, 6.07) is 16.8. The number of nitrogens with zero attached hydrogens (tertiary/aromatic N) is 2. The maximum atomic E-state index is 14.0. The number of ketones is 1. The number of carbonyl (C=O) groups excluding carboxylic acids is 2. The smallest absolute Gasteiger partial charge is 0.277 e. The Morgan fingerprint density at radius 2 is 1.76 bits per heavy atom. The van der Waals surface area contributed by atoms with Gasteiger partial charge in [0.1, 0.15) is 0 Å². The zero-order valence-corrected chi connectivity index (χ0v) is 20.0. The fraction of sp³-hybridized carbons (Fsp3) is 0.444. The Hall–Kier alpha value is -2.83. The number of unbranched alkanes of at least 4 members (excludes halogenated alkanes) is 1. The molecular weight excluding hydrogens is 414 g/mol. The average Bonchev–Trinajstić information content (AvgIpc) is 2.91. The van der Waals surface area contributed by atoms with Crippen LogP contribution in [0.1, 0.15) is 57.6 Å². The number of carbonyl (C=O) groups is 2. The molecule has 0 saturated carbocycles. The van der Waals surface area contributed by atoms with E-state index in [4.69, 9.17) is 5.73 Å². The molecule has 3 rings (SSSR count). The third-order valence-electron chi connectivity index (χ3n) is 6.24. The number of aliphatic imine (C=N–C) groups is 1. The highest BCUT2D eigenvalue weighted by Crippen LogP contribution is 2.33. The van der Waals surface area contributed by atoms with Crippen LogP contribution in [0, 0.1) is 11.8 Å². The molecule has 2 aromatic rings. The first-order valence-corrected chi connectivity index (χ1v) is 11.7. The normalized spacial score (nSPS) is 20.2. The van der Waals surface area contributed by atoms with Crippen molar-refractivity contribution in [3.8, 4) is 0 Å². The standard InChI is InChI=1S/C27H35N3O3/c1-5-6-16-23(31)21(17-18(2)3)25(32)27(28)26(33)30(4)22-15-11-10-14-20(22)24(29-27)19-12-8-7-9-13-19/h7-15,18,21,23,31H,5-6,16-17,28H2,1-4H3/t21-,23-,27?/m1/s1. The third-order valence-corrected chi connectivity index (χ3v) is 6.24. The van der Waals surface area contributed by atoms with Crippen molar-refractivity contribution in [1.82, 2.24) is 0 Å². The van der Waals surface area contributed by atoms with Crippen LogP contribution in [-0.4, -0.2) is 41.3 Å². The predicted molar refractivity (Wildman–Crippen MR) is 132 cm³/mol. The topological polar surface area (TPSA) is 96.0 Å². The van der Waals surface area contributed by atoms with Crippen LogP contribution in [0.2, 0.25) is 0 Å². The SMILES string of the molecule is CCCC[C@@H](O)[C@@H](CC(C)C)C(=O)C1(N)N=C(c2ccccc2)c2ccccc2N(C)C1=O. The molecule has 6 nitrogen and oxygen atoms in total. The molecule has 0 bridgehead atoms. The Morgan fingerprint density at radius 3 is 2.39 bits per heavy atom. The number of para-hydroxylation sites is 1. The molecule has 1 unspecified atom stereocenters. The molecule has 0 fully saturated rings. The summed E-state index contributed by atoms with van der Waals surface area (Å²) in [5, 5.41) is 10.9. The number of benzene rings is 2. The van der Waals surface area contributed by atoms with Gasteiger partial charge in [-0.1, -0.05) is 82.1 Å². The van der Waals surface area contributed by atoms with Crippen LogP contribution in [0.15, 0.2) is 59.6 Å². The summed E-state index contributed by atoms with van der Waals surface area (Å²) in [4.78, 5) is 33.7. The van der Waals surface area contributed by atoms with Gasteiger partial charge < -0.3 is 10.0 Å². The molecule has 3 atom stereocenters. The Morgan fingerprint density at radius 1 is 1.12 bits per heavy atom. The first-order valence-electron chi connectivity index (χ1n) is 11.7. The van der Waals surface area contributed by atoms with Gasteiger partial charge in [-0.3, -0.25) is 15.3 Å². The molecule has 1 aliphatic heterocycles. The van der Waals surface area contributed by atoms with E-state index in [0.717, 1.165) is 24.0 Å². The van der Waals surface area contributed by atoms with Crippen LogP contribution in [0.25, 0.3) is 0 Å². The number of anilines is 1. The number of likely N-dealkylation sites (N-methyl/N-ethyl adjacent to an activating group) is 1. The van der Waals surface area contributed by atoms with Gasteiger partial charge in [-0.05, 0) is 24.8 Å². The fourth-order valence-corrected chi connectivity index (χ4v) is 4.44. The molecule has 0 saturated heterocycles. The highest BCUT2D eigenvalue weighted by atomic mass is 16.3. The quantitative estimate of drug-likeness (QED) is 0.567. The number of Topliss-reactive ketones (excluding diaryl/α,β-unsaturated/α-hetero) is 1. The summed E-state index contributed by atoms with van der Waals surface area (Å²) in [6.07, 6.45) is 1.73. The van der Waals surface area contributed by atoms with Gasteiger partial charge in [0.05, 0.1) is 17.5 Å². The zero-order valence-electron chi connectivity index (χ0n) is 20.0. The van der Waals surface area contributed by atoms with E-state index in [0.29, 0.717) is 24.2 Å². The van der Waals surface area contributed by atoms with Crippen molar-refractivity contribution >= 4 is 23.1 Å². The van der Waals surface area contributed by atoms with Crippen LogP contribution in [0.5, 0.6) is 0 Å². The summed E-state index contributed by atoms with van der Waals surface area (Å²) in [5.41, 5.74) is 7.14. The maximum absolute atomic E-state index is 14.0. The van der Waals surface area contributed by atoms with Gasteiger partial charge in [-0.2, -0.15) is 0 Å². The largest absolute Gasteiger partial charge is 0.392 e. The average molecular weight is 450 g/mol. The summed E-state index contributed by atoms with van der Waals surface area (Å²) < 4.78 is 0. The molecule has 33 heavy (non-hydrogen) atoms. The number of amides is 1. The van der Waals surface area contributed by atoms with Crippen LogP contribution in [0.3, 0.4) is 0 Å². The number of benzodiazepines with no additional fused rings is 1. The molecule has 2 aromatic carbocycles. The van der Waals surface area contributed by atoms with Gasteiger partial charge in [-0.15, -0.1) is 0 Å². The molecule has 1 heterocycles. The molecule has 0 aromatic heterocycles. The second kappa shape index (κ2) is 10.4. The number of hydrogen-bond acceptors (Lipinski definition) is 5. The van der Waals surface area contributed by atoms with Crippen molar-refractivity contribution in [3.05, 3.63) is 65.7 Å². The van der Waals surface area contributed by atoms with E-state index in [-0.39, 0.29) is 5.92 Å². The minimum atomic E-state index is -2.13. The first-order chi connectivity index (χ1) is 15.7. The van der Waals surface area contributed by atoms with E-state index in [1.165, 1.54) is 4.90 Å². The summed E-state index contributed by atoms with van der Waals surface area (Å²) in [6.45, 7) is 6.02. The number of aliphatic hydroxyl groups is 1. The molecule has 0 spiro atoms. The van der Waals surface area contributed by atoms with Crippen LogP contribution in [-0.2, 0) is 9.59 Å². The van der Waals surface area contributed by atoms with E-state index in [2.05, 4.69) is 4.99 Å². The van der Waals surface area contributed by atoms with Gasteiger partial charge in [0.25, 0.3) is 5.91 Å². The molecule has 1 amide bonds. The molecule has 176 valence electrons. The Bertz CT molecular complexity index is 1020. The minimum absolute atomic E-state index is 0.146. The Balaban J connectivity index is 2.17. The zero-order chi connectivity index (χ0) is 24.2. The molecule has 3 N–H and O–H groups in total. The number of rotatable bonds is 9. The molecule has 6 heteroatoms. The number of hydrogen-bond donors (Lipinski definition) is 2. The summed E-state index contributed by atoms with van der Waals surface area (Å²) >= 11 is 0. The lowest BCUT2D eigenvalue weighted by atomic mass is 9.81. The summed E-state index contributed by atoms with van der Waals surface area (Å²) in [5.74, 6) is -1.76. The maximum Gasteiger partial charge on any atom is 0.277 e. The van der Waals surface area contributed by atoms with Crippen LogP contribution >= 0.6 is 0 Å². The van der Waals surface area contributed by atoms with Gasteiger partial charge in [-0.25, -0.2) is 4.99 Å². The van der Waals surface area contributed by atoms with Crippen molar-refractivity contribution in [2.75, 3.05) is 11.9 Å². The van der Waals surface area contributed by atoms with Crippen molar-refractivity contribution in [2.45, 2.75) is 58.2 Å². The van der Waals surface area contributed by atoms with E-state index in [1.54, 1.807) is 7.05 Å². The lowest BCUT2D eigenvalue weighted by Gasteiger charge is -2.32. The van der Waals surface area contributed by atoms with E-state index in [1.807, 2.05) is 75.4 Å².